The molecule has 3 aromatic rings. The number of carbonyl (C=O) groups excluding carboxylic acids is 1. The van der Waals surface area contributed by atoms with Crippen LogP contribution in [0.15, 0.2) is 84.0 Å². The van der Waals surface area contributed by atoms with Crippen LogP contribution in [0.5, 0.6) is 0 Å². The van der Waals surface area contributed by atoms with Crippen molar-refractivity contribution in [2.45, 2.75) is 24.9 Å². The number of anilines is 1. The van der Waals surface area contributed by atoms with Gasteiger partial charge >= 0.3 is 0 Å². The fourth-order valence-corrected chi connectivity index (χ4v) is 4.96. The molecule has 2 aliphatic rings. The highest BCUT2D eigenvalue weighted by Crippen LogP contribution is 2.50. The summed E-state index contributed by atoms with van der Waals surface area (Å²) >= 11 is 0. The largest absolute Gasteiger partial charge is 0.352 e. The monoisotopic (exact) mass is 426 g/mol. The van der Waals surface area contributed by atoms with Gasteiger partial charge in [0, 0.05) is 42.3 Å². The third-order valence-corrected chi connectivity index (χ3v) is 6.47. The quantitative estimate of drug-likeness (QED) is 0.454. The third kappa shape index (κ3) is 2.97. The molecule has 0 unspecified atom stereocenters. The number of non-ortho nitro benzene ring substituents is 1. The number of hydrazone groups is 1. The summed E-state index contributed by atoms with van der Waals surface area (Å²) in [6.07, 6.45) is 0.324. The Hall–Kier alpha value is -4.00. The number of hydrogen-bond acceptors (Lipinski definition) is 5. The third-order valence-electron chi connectivity index (χ3n) is 6.47. The second kappa shape index (κ2) is 7.30. The Bertz CT molecular complexity index is 1240. The van der Waals surface area contributed by atoms with Crippen molar-refractivity contribution >= 4 is 23.0 Å². The highest BCUT2D eigenvalue weighted by atomic mass is 16.6. The molecule has 2 atom stereocenters. The molecule has 5 rings (SSSR count). The van der Waals surface area contributed by atoms with E-state index in [-0.39, 0.29) is 17.8 Å². The van der Waals surface area contributed by atoms with E-state index in [1.54, 1.807) is 29.3 Å². The fourth-order valence-electron chi connectivity index (χ4n) is 4.96. The van der Waals surface area contributed by atoms with E-state index in [0.29, 0.717) is 12.0 Å². The number of likely N-dealkylation sites (N-methyl/N-ethyl adjacent to an activating group) is 1. The van der Waals surface area contributed by atoms with Gasteiger partial charge in [0.25, 0.3) is 11.6 Å². The average molecular weight is 426 g/mol. The first-order chi connectivity index (χ1) is 15.4. The summed E-state index contributed by atoms with van der Waals surface area (Å²) in [6, 6.07) is 23.7. The summed E-state index contributed by atoms with van der Waals surface area (Å²) in [6.45, 7) is 2.16. The molecular weight excluding hydrogens is 404 g/mol. The first-order valence-electron chi connectivity index (χ1n) is 10.4. The van der Waals surface area contributed by atoms with Crippen LogP contribution < -0.4 is 4.90 Å². The van der Waals surface area contributed by atoms with Crippen LogP contribution in [0.4, 0.5) is 11.4 Å². The number of hydrogen-bond donors (Lipinski definition) is 0. The van der Waals surface area contributed by atoms with Crippen LogP contribution in [0.2, 0.25) is 0 Å². The number of carbonyl (C=O) groups is 1. The van der Waals surface area contributed by atoms with Gasteiger partial charge in [0.05, 0.1) is 10.6 Å². The molecule has 0 fully saturated rings. The number of nitrogens with zero attached hydrogens (tertiary/aromatic N) is 4. The molecule has 1 amide bonds. The molecule has 7 nitrogen and oxygen atoms in total. The van der Waals surface area contributed by atoms with Crippen LogP contribution in [0.25, 0.3) is 0 Å². The number of nitro groups is 1. The summed E-state index contributed by atoms with van der Waals surface area (Å²) in [7, 11) is 1.99. The Morgan fingerprint density at radius 2 is 1.69 bits per heavy atom. The highest BCUT2D eigenvalue weighted by molar-refractivity contribution is 6.05. The van der Waals surface area contributed by atoms with Gasteiger partial charge in [-0.2, -0.15) is 5.10 Å². The van der Waals surface area contributed by atoms with Gasteiger partial charge in [-0.15, -0.1) is 0 Å². The molecular formula is C25H22N4O3. The minimum absolute atomic E-state index is 0.0254. The number of fused-ring (bicyclic) bond motifs is 3. The lowest BCUT2D eigenvalue weighted by molar-refractivity contribution is -0.384. The lowest BCUT2D eigenvalue weighted by atomic mass is 9.75. The maximum Gasteiger partial charge on any atom is 0.275 e. The van der Waals surface area contributed by atoms with Crippen molar-refractivity contribution in [2.24, 2.45) is 5.10 Å². The summed E-state index contributed by atoms with van der Waals surface area (Å²) in [5.41, 5.74) is 3.93. The van der Waals surface area contributed by atoms with Crippen LogP contribution in [0.3, 0.4) is 0 Å². The van der Waals surface area contributed by atoms with Gasteiger partial charge in [0.1, 0.15) is 6.17 Å². The van der Waals surface area contributed by atoms with E-state index in [2.05, 4.69) is 24.0 Å². The molecule has 3 aromatic carbocycles. The van der Waals surface area contributed by atoms with Gasteiger partial charge in [-0.25, -0.2) is 5.01 Å². The zero-order chi connectivity index (χ0) is 22.5. The Balaban J connectivity index is 1.65. The van der Waals surface area contributed by atoms with Crippen LogP contribution in [-0.4, -0.2) is 34.8 Å². The van der Waals surface area contributed by atoms with E-state index in [9.17, 15) is 14.9 Å². The SMILES string of the molecule is CN1c2ccccc2[C@@]2(C)CC(c3ccc([N+](=O)[O-])cc3)=NN(C(=O)c3ccccc3)[C@@H]12. The molecule has 0 aliphatic carbocycles. The molecule has 160 valence electrons. The molecule has 2 heterocycles. The van der Waals surface area contributed by atoms with Gasteiger partial charge < -0.3 is 4.90 Å². The fraction of sp³-hybridized carbons (Fsp3) is 0.200. The summed E-state index contributed by atoms with van der Waals surface area (Å²) < 4.78 is 0. The topological polar surface area (TPSA) is 79.0 Å². The molecule has 0 N–H and O–H groups in total. The highest BCUT2D eigenvalue weighted by Gasteiger charge is 2.53. The Morgan fingerprint density at radius 1 is 1.03 bits per heavy atom. The minimum Gasteiger partial charge on any atom is -0.352 e. The number of nitro benzene ring substituents is 1. The normalized spacial score (nSPS) is 21.6. The molecule has 0 saturated carbocycles. The summed E-state index contributed by atoms with van der Waals surface area (Å²) in [5, 5.41) is 17.5. The Labute approximate surface area is 185 Å². The number of benzene rings is 3. The zero-order valence-corrected chi connectivity index (χ0v) is 17.8. The Morgan fingerprint density at radius 3 is 2.38 bits per heavy atom. The maximum absolute atomic E-state index is 13.6. The first kappa shape index (κ1) is 19.9. The van der Waals surface area contributed by atoms with E-state index in [1.165, 1.54) is 12.1 Å². The van der Waals surface area contributed by atoms with E-state index >= 15 is 0 Å². The van der Waals surface area contributed by atoms with E-state index in [0.717, 1.165) is 22.5 Å². The zero-order valence-electron chi connectivity index (χ0n) is 17.8. The van der Waals surface area contributed by atoms with Crippen LogP contribution in [0, 0.1) is 10.1 Å². The first-order valence-corrected chi connectivity index (χ1v) is 10.4. The smallest absolute Gasteiger partial charge is 0.275 e. The Kier molecular flexibility index (Phi) is 4.55. The molecule has 0 spiro atoms. The summed E-state index contributed by atoms with van der Waals surface area (Å²) in [5.74, 6) is -0.180. The molecule has 0 saturated heterocycles. The van der Waals surface area contributed by atoms with Crippen molar-refractivity contribution < 1.29 is 9.72 Å². The van der Waals surface area contributed by atoms with Crippen molar-refractivity contribution in [2.75, 3.05) is 11.9 Å². The van der Waals surface area contributed by atoms with Crippen molar-refractivity contribution in [3.8, 4) is 0 Å². The average Bonchev–Trinajstić information content (AvgIpc) is 3.05. The maximum atomic E-state index is 13.6. The number of rotatable bonds is 3. The predicted molar refractivity (Wildman–Crippen MR) is 123 cm³/mol. The van der Waals surface area contributed by atoms with E-state index in [4.69, 9.17) is 5.10 Å². The number of para-hydroxylation sites is 1. The van der Waals surface area contributed by atoms with E-state index in [1.807, 2.05) is 37.4 Å². The second-order valence-corrected chi connectivity index (χ2v) is 8.46. The van der Waals surface area contributed by atoms with Gasteiger partial charge in [-0.1, -0.05) is 43.3 Å². The lowest BCUT2D eigenvalue weighted by Crippen LogP contribution is -2.57. The molecule has 0 aromatic heterocycles. The van der Waals surface area contributed by atoms with Crippen LogP contribution in [-0.2, 0) is 5.41 Å². The molecule has 32 heavy (non-hydrogen) atoms. The van der Waals surface area contributed by atoms with Gasteiger partial charge in [-0.05, 0) is 41.5 Å². The van der Waals surface area contributed by atoms with E-state index < -0.39 is 10.3 Å². The second-order valence-electron chi connectivity index (χ2n) is 8.46. The molecule has 7 heteroatoms. The van der Waals surface area contributed by atoms with Gasteiger partial charge in [-0.3, -0.25) is 14.9 Å². The predicted octanol–water partition coefficient (Wildman–Crippen LogP) is 4.58. The number of amides is 1. The molecule has 2 aliphatic heterocycles. The van der Waals surface area contributed by atoms with Crippen LogP contribution >= 0.6 is 0 Å². The molecule has 0 radical (unpaired) electrons. The van der Waals surface area contributed by atoms with Crippen molar-refractivity contribution in [1.82, 2.24) is 5.01 Å². The van der Waals surface area contributed by atoms with Crippen molar-refractivity contribution in [3.63, 3.8) is 0 Å². The molecule has 0 bridgehead atoms. The standard InChI is InChI=1S/C25H22N4O3/c1-25-16-21(17-12-14-19(15-13-17)29(31)32)26-28(23(30)18-8-4-3-5-9-18)24(25)27(2)22-11-7-6-10-20(22)25/h3-15,24H,16H2,1-2H3/t24-,25-/m1/s1. The van der Waals surface area contributed by atoms with Gasteiger partial charge in [0.15, 0.2) is 0 Å². The van der Waals surface area contributed by atoms with Gasteiger partial charge in [0.2, 0.25) is 0 Å². The van der Waals surface area contributed by atoms with Crippen LogP contribution in [0.1, 0.15) is 34.8 Å². The lowest BCUT2D eigenvalue weighted by Gasteiger charge is -2.44. The minimum atomic E-state index is -0.419. The summed E-state index contributed by atoms with van der Waals surface area (Å²) in [4.78, 5) is 26.4. The van der Waals surface area contributed by atoms with Crippen molar-refractivity contribution in [3.05, 3.63) is 106 Å². The van der Waals surface area contributed by atoms with Crippen molar-refractivity contribution in [1.29, 1.82) is 0 Å².